The van der Waals surface area contributed by atoms with Gasteiger partial charge in [0.15, 0.2) is 5.76 Å². The van der Waals surface area contributed by atoms with Crippen molar-refractivity contribution in [2.24, 2.45) is 0 Å². The molecule has 0 aliphatic heterocycles. The predicted octanol–water partition coefficient (Wildman–Crippen LogP) is 4.65. The number of hydrogen-bond acceptors (Lipinski definition) is 5. The van der Waals surface area contributed by atoms with Gasteiger partial charge in [0.25, 0.3) is 5.91 Å². The summed E-state index contributed by atoms with van der Waals surface area (Å²) in [6.45, 7) is 0.598. The van der Waals surface area contributed by atoms with Crippen molar-refractivity contribution in [1.82, 2.24) is 14.8 Å². The van der Waals surface area contributed by atoms with Gasteiger partial charge in [-0.25, -0.2) is 14.1 Å². The Balaban J connectivity index is 1.32. The number of benzene rings is 2. The summed E-state index contributed by atoms with van der Waals surface area (Å²) in [4.78, 5) is 16.4. The molecule has 2 heterocycles. The number of aromatic nitrogens is 3. The molecule has 0 aliphatic rings. The second-order valence-electron chi connectivity index (χ2n) is 6.35. The summed E-state index contributed by atoms with van der Waals surface area (Å²) in [5.74, 6) is 0.703. The minimum absolute atomic E-state index is 0.124. The van der Waals surface area contributed by atoms with Gasteiger partial charge >= 0.3 is 0 Å². The average Bonchev–Trinajstić information content (AvgIpc) is 3.39. The Labute approximate surface area is 179 Å². The summed E-state index contributed by atoms with van der Waals surface area (Å²) in [5, 5.41) is 6.78. The van der Waals surface area contributed by atoms with Gasteiger partial charge in [-0.15, -0.1) is 5.10 Å². The molecule has 4 rings (SSSR count). The average molecular weight is 471 g/mol. The largest absolute Gasteiger partial charge is 0.486 e. The van der Waals surface area contributed by atoms with E-state index in [0.717, 1.165) is 10.0 Å². The van der Waals surface area contributed by atoms with Crippen molar-refractivity contribution in [3.63, 3.8) is 0 Å². The Bertz CT molecular complexity index is 1140. The van der Waals surface area contributed by atoms with Crippen molar-refractivity contribution in [3.05, 3.63) is 94.4 Å². The lowest BCUT2D eigenvalue weighted by Crippen LogP contribution is -2.12. The third kappa shape index (κ3) is 5.12. The van der Waals surface area contributed by atoms with E-state index in [2.05, 4.69) is 31.3 Å². The maximum Gasteiger partial charge on any atom is 0.293 e. The summed E-state index contributed by atoms with van der Waals surface area (Å²) in [5.41, 5.74) is 0.862. The van der Waals surface area contributed by atoms with Crippen LogP contribution in [0.4, 0.5) is 10.3 Å². The quantitative estimate of drug-likeness (QED) is 0.424. The molecule has 7 nitrogen and oxygen atoms in total. The molecular formula is C21H16BrFN4O3. The Morgan fingerprint density at radius 1 is 1.10 bits per heavy atom. The number of amides is 1. The number of furan rings is 1. The normalized spacial score (nSPS) is 10.7. The number of nitrogens with one attached hydrogen (secondary N) is 1. The molecule has 9 heteroatoms. The monoisotopic (exact) mass is 470 g/mol. The zero-order chi connectivity index (χ0) is 20.9. The first-order valence-corrected chi connectivity index (χ1v) is 9.77. The van der Waals surface area contributed by atoms with Crippen LogP contribution in [0.3, 0.4) is 0 Å². The number of carbonyl (C=O) groups excluding carboxylic acids is 1. The van der Waals surface area contributed by atoms with E-state index >= 15 is 0 Å². The van der Waals surface area contributed by atoms with Crippen LogP contribution in [0.1, 0.15) is 21.9 Å². The molecule has 4 aromatic rings. The highest BCUT2D eigenvalue weighted by atomic mass is 79.9. The third-order valence-corrected chi connectivity index (χ3v) is 4.63. The van der Waals surface area contributed by atoms with Crippen LogP contribution in [-0.4, -0.2) is 20.7 Å². The molecule has 2 aromatic heterocycles. The van der Waals surface area contributed by atoms with Gasteiger partial charge in [0, 0.05) is 4.47 Å². The van der Waals surface area contributed by atoms with E-state index in [1.54, 1.807) is 28.9 Å². The molecule has 2 aromatic carbocycles. The summed E-state index contributed by atoms with van der Waals surface area (Å²) < 4.78 is 26.6. The SMILES string of the molecule is O=C(Nc1ncn(Cc2ccc(F)cc2)n1)c1ccc(COc2ccc(Br)cc2)o1. The summed E-state index contributed by atoms with van der Waals surface area (Å²) >= 11 is 3.36. The van der Waals surface area contributed by atoms with Crippen molar-refractivity contribution in [2.75, 3.05) is 5.32 Å². The zero-order valence-corrected chi connectivity index (χ0v) is 17.2. The minimum atomic E-state index is -0.468. The molecule has 152 valence electrons. The lowest BCUT2D eigenvalue weighted by atomic mass is 10.2. The fourth-order valence-electron chi connectivity index (χ4n) is 2.63. The van der Waals surface area contributed by atoms with Gasteiger partial charge < -0.3 is 9.15 Å². The van der Waals surface area contributed by atoms with Crippen LogP contribution in [-0.2, 0) is 13.2 Å². The first-order valence-electron chi connectivity index (χ1n) is 8.97. The van der Waals surface area contributed by atoms with Gasteiger partial charge in [-0.2, -0.15) is 0 Å². The highest BCUT2D eigenvalue weighted by molar-refractivity contribution is 9.10. The molecule has 30 heavy (non-hydrogen) atoms. The fraction of sp³-hybridized carbons (Fsp3) is 0.0952. The van der Waals surface area contributed by atoms with E-state index < -0.39 is 5.91 Å². The molecule has 1 N–H and O–H groups in total. The lowest BCUT2D eigenvalue weighted by molar-refractivity contribution is 0.0991. The van der Waals surface area contributed by atoms with Gasteiger partial charge in [0.2, 0.25) is 5.95 Å². The third-order valence-electron chi connectivity index (χ3n) is 4.10. The standard InChI is InChI=1S/C21H16BrFN4O3/c22-15-3-7-17(8-4-15)29-12-18-9-10-19(30-18)20(28)25-21-24-13-27(26-21)11-14-1-5-16(23)6-2-14/h1-10,13H,11-12H2,(H,25,26,28). The summed E-state index contributed by atoms with van der Waals surface area (Å²) in [7, 11) is 0. The molecule has 0 atom stereocenters. The van der Waals surface area contributed by atoms with E-state index in [-0.39, 0.29) is 24.1 Å². The zero-order valence-electron chi connectivity index (χ0n) is 15.6. The van der Waals surface area contributed by atoms with Crippen molar-refractivity contribution in [1.29, 1.82) is 0 Å². The number of ether oxygens (including phenoxy) is 1. The fourth-order valence-corrected chi connectivity index (χ4v) is 2.90. The lowest BCUT2D eigenvalue weighted by Gasteiger charge is -2.04. The highest BCUT2D eigenvalue weighted by Crippen LogP contribution is 2.18. The van der Waals surface area contributed by atoms with Crippen LogP contribution in [0.5, 0.6) is 5.75 Å². The molecule has 0 spiro atoms. The number of anilines is 1. The molecule has 1 amide bonds. The van der Waals surface area contributed by atoms with E-state index in [1.165, 1.54) is 18.5 Å². The van der Waals surface area contributed by atoms with Gasteiger partial charge in [-0.05, 0) is 54.1 Å². The second-order valence-corrected chi connectivity index (χ2v) is 7.27. The van der Waals surface area contributed by atoms with E-state index in [0.29, 0.717) is 18.1 Å². The smallest absolute Gasteiger partial charge is 0.293 e. The molecule has 0 fully saturated rings. The first kappa shape index (κ1) is 19.8. The minimum Gasteiger partial charge on any atom is -0.486 e. The highest BCUT2D eigenvalue weighted by Gasteiger charge is 2.14. The molecule has 0 radical (unpaired) electrons. The molecule has 0 bridgehead atoms. The van der Waals surface area contributed by atoms with Crippen LogP contribution >= 0.6 is 15.9 Å². The van der Waals surface area contributed by atoms with Gasteiger partial charge in [-0.1, -0.05) is 28.1 Å². The Hall–Kier alpha value is -3.46. The van der Waals surface area contributed by atoms with Crippen LogP contribution in [0.2, 0.25) is 0 Å². The summed E-state index contributed by atoms with van der Waals surface area (Å²) in [6, 6.07) is 16.7. The number of carbonyl (C=O) groups is 1. The van der Waals surface area contributed by atoms with Crippen molar-refractivity contribution in [3.8, 4) is 5.75 Å². The van der Waals surface area contributed by atoms with Crippen molar-refractivity contribution < 1.29 is 18.3 Å². The van der Waals surface area contributed by atoms with Crippen LogP contribution in [0, 0.1) is 5.82 Å². The maximum atomic E-state index is 13.0. The van der Waals surface area contributed by atoms with Gasteiger partial charge in [0.05, 0.1) is 6.54 Å². The Morgan fingerprint density at radius 3 is 2.63 bits per heavy atom. The van der Waals surface area contributed by atoms with Crippen LogP contribution in [0.15, 0.2) is 75.9 Å². The van der Waals surface area contributed by atoms with E-state index in [4.69, 9.17) is 9.15 Å². The molecule has 0 unspecified atom stereocenters. The van der Waals surface area contributed by atoms with Crippen LogP contribution < -0.4 is 10.1 Å². The first-order chi connectivity index (χ1) is 14.5. The number of halogens is 2. The van der Waals surface area contributed by atoms with Gasteiger partial charge in [0.1, 0.15) is 30.3 Å². The maximum absolute atomic E-state index is 13.0. The molecule has 0 saturated heterocycles. The van der Waals surface area contributed by atoms with Crippen LogP contribution in [0.25, 0.3) is 0 Å². The predicted molar refractivity (Wildman–Crippen MR) is 111 cm³/mol. The van der Waals surface area contributed by atoms with Gasteiger partial charge in [-0.3, -0.25) is 10.1 Å². The Morgan fingerprint density at radius 2 is 1.87 bits per heavy atom. The molecule has 0 aliphatic carbocycles. The Kier molecular flexibility index (Phi) is 5.89. The molecule has 0 saturated carbocycles. The molecular weight excluding hydrogens is 455 g/mol. The second kappa shape index (κ2) is 8.91. The number of rotatable bonds is 7. The topological polar surface area (TPSA) is 82.2 Å². The van der Waals surface area contributed by atoms with Crippen molar-refractivity contribution >= 4 is 27.8 Å². The number of hydrogen-bond donors (Lipinski definition) is 1. The van der Waals surface area contributed by atoms with Crippen molar-refractivity contribution in [2.45, 2.75) is 13.2 Å². The number of nitrogens with zero attached hydrogens (tertiary/aromatic N) is 3. The van der Waals surface area contributed by atoms with E-state index in [9.17, 15) is 9.18 Å². The summed E-state index contributed by atoms with van der Waals surface area (Å²) in [6.07, 6.45) is 1.48. The van der Waals surface area contributed by atoms with E-state index in [1.807, 2.05) is 24.3 Å².